The first-order valence-corrected chi connectivity index (χ1v) is 8.43. The number of hydrogen-bond donors (Lipinski definition) is 1. The van der Waals surface area contributed by atoms with Crippen LogP contribution < -0.4 is 5.32 Å². The fraction of sp³-hybridized carbons (Fsp3) is 0. The largest absolute Gasteiger partial charge is 0.296 e. The zero-order valence-corrected chi connectivity index (χ0v) is 14.3. The van der Waals surface area contributed by atoms with Gasteiger partial charge in [-0.3, -0.25) is 10.1 Å². The Morgan fingerprint density at radius 3 is 2.81 bits per heavy atom. The van der Waals surface area contributed by atoms with Crippen molar-refractivity contribution in [3.8, 4) is 23.1 Å². The minimum atomic E-state index is -0.427. The Morgan fingerprint density at radius 2 is 2.00 bits per heavy atom. The third-order valence-electron chi connectivity index (χ3n) is 3.42. The van der Waals surface area contributed by atoms with Crippen molar-refractivity contribution >= 4 is 22.4 Å². The summed E-state index contributed by atoms with van der Waals surface area (Å²) < 4.78 is 1.34. The number of aromatic nitrogens is 7. The molecule has 0 radical (unpaired) electrons. The summed E-state index contributed by atoms with van der Waals surface area (Å²) in [7, 11) is 0. The molecular formula is C16H9N9OS. The Labute approximate surface area is 156 Å². The maximum Gasteiger partial charge on any atom is 0.277 e. The second kappa shape index (κ2) is 7.06. The lowest BCUT2D eigenvalue weighted by Gasteiger charge is -2.04. The van der Waals surface area contributed by atoms with E-state index in [1.54, 1.807) is 23.6 Å². The highest BCUT2D eigenvalue weighted by atomic mass is 32.1. The van der Waals surface area contributed by atoms with Crippen molar-refractivity contribution in [3.63, 3.8) is 0 Å². The Kier molecular flexibility index (Phi) is 4.30. The Bertz CT molecular complexity index is 1150. The van der Waals surface area contributed by atoms with E-state index in [9.17, 15) is 4.79 Å². The molecule has 0 bridgehead atoms. The fourth-order valence-corrected chi connectivity index (χ4v) is 2.93. The topological polar surface area (TPSA) is 135 Å². The molecule has 0 saturated carbocycles. The van der Waals surface area contributed by atoms with Crippen LogP contribution in [0.25, 0.3) is 17.1 Å². The van der Waals surface area contributed by atoms with E-state index in [0.717, 1.165) is 0 Å². The third kappa shape index (κ3) is 3.37. The van der Waals surface area contributed by atoms with Crippen LogP contribution in [-0.4, -0.2) is 40.8 Å². The van der Waals surface area contributed by atoms with E-state index in [0.29, 0.717) is 27.9 Å². The molecule has 1 amide bonds. The van der Waals surface area contributed by atoms with Crippen LogP contribution in [0.15, 0.2) is 48.5 Å². The number of nitrogens with zero attached hydrogens (tertiary/aromatic N) is 8. The van der Waals surface area contributed by atoms with E-state index < -0.39 is 5.91 Å². The summed E-state index contributed by atoms with van der Waals surface area (Å²) in [4.78, 5) is 28.9. The number of amides is 1. The van der Waals surface area contributed by atoms with Crippen LogP contribution in [0, 0.1) is 11.3 Å². The van der Waals surface area contributed by atoms with Gasteiger partial charge in [0.25, 0.3) is 5.91 Å². The van der Waals surface area contributed by atoms with Crippen molar-refractivity contribution in [2.45, 2.75) is 0 Å². The molecule has 10 nitrogen and oxygen atoms in total. The zero-order valence-electron chi connectivity index (χ0n) is 13.5. The van der Waals surface area contributed by atoms with Crippen LogP contribution in [0.1, 0.15) is 16.2 Å². The van der Waals surface area contributed by atoms with Gasteiger partial charge in [0, 0.05) is 5.38 Å². The molecule has 4 rings (SSSR count). The van der Waals surface area contributed by atoms with Crippen LogP contribution in [0.2, 0.25) is 0 Å². The van der Waals surface area contributed by atoms with Crippen LogP contribution in [0.5, 0.6) is 0 Å². The number of carbonyl (C=O) groups is 1. The molecule has 0 unspecified atom stereocenters. The van der Waals surface area contributed by atoms with Gasteiger partial charge in [-0.2, -0.15) is 5.26 Å². The molecule has 0 aliphatic carbocycles. The quantitative estimate of drug-likeness (QED) is 0.569. The summed E-state index contributed by atoms with van der Waals surface area (Å²) >= 11 is 1.24. The molecule has 0 atom stereocenters. The molecule has 4 aromatic heterocycles. The van der Waals surface area contributed by atoms with Crippen molar-refractivity contribution in [3.05, 3.63) is 59.9 Å². The molecule has 4 aromatic rings. The van der Waals surface area contributed by atoms with Crippen molar-refractivity contribution in [1.29, 1.82) is 5.26 Å². The summed E-state index contributed by atoms with van der Waals surface area (Å²) in [5.41, 5.74) is 2.14. The highest BCUT2D eigenvalue weighted by molar-refractivity contribution is 7.14. The predicted octanol–water partition coefficient (Wildman–Crippen LogP) is 1.70. The molecule has 0 fully saturated rings. The molecule has 4 heterocycles. The first-order valence-electron chi connectivity index (χ1n) is 7.55. The van der Waals surface area contributed by atoms with Crippen molar-refractivity contribution < 1.29 is 4.79 Å². The van der Waals surface area contributed by atoms with E-state index in [1.807, 2.05) is 6.07 Å². The molecule has 0 aliphatic heterocycles. The van der Waals surface area contributed by atoms with Crippen molar-refractivity contribution in [2.24, 2.45) is 0 Å². The monoisotopic (exact) mass is 375 g/mol. The number of nitrogens with one attached hydrogen (secondary N) is 1. The lowest BCUT2D eigenvalue weighted by atomic mass is 10.2. The maximum absolute atomic E-state index is 12.6. The zero-order chi connectivity index (χ0) is 18.6. The van der Waals surface area contributed by atoms with Gasteiger partial charge in [0.05, 0.1) is 24.3 Å². The van der Waals surface area contributed by atoms with E-state index >= 15 is 0 Å². The van der Waals surface area contributed by atoms with Gasteiger partial charge in [0.2, 0.25) is 0 Å². The molecule has 0 aromatic carbocycles. The lowest BCUT2D eigenvalue weighted by molar-refractivity contribution is 0.101. The maximum atomic E-state index is 12.6. The van der Waals surface area contributed by atoms with Gasteiger partial charge in [-0.1, -0.05) is 11.3 Å². The number of thiazole rings is 1. The molecule has 130 valence electrons. The summed E-state index contributed by atoms with van der Waals surface area (Å²) in [5, 5.41) is 21.5. The van der Waals surface area contributed by atoms with Gasteiger partial charge in [0.1, 0.15) is 29.5 Å². The van der Waals surface area contributed by atoms with Crippen LogP contribution in [0.3, 0.4) is 0 Å². The average Bonchev–Trinajstić information content (AvgIpc) is 3.38. The summed E-state index contributed by atoms with van der Waals surface area (Å²) in [6.45, 7) is 0. The molecule has 0 spiro atoms. The number of carbonyl (C=O) groups excluding carboxylic acids is 1. The highest BCUT2D eigenvalue weighted by Gasteiger charge is 2.17. The third-order valence-corrected chi connectivity index (χ3v) is 4.18. The van der Waals surface area contributed by atoms with Crippen LogP contribution in [-0.2, 0) is 0 Å². The average molecular weight is 375 g/mol. The second-order valence-electron chi connectivity index (χ2n) is 5.14. The van der Waals surface area contributed by atoms with Gasteiger partial charge in [0.15, 0.2) is 10.8 Å². The van der Waals surface area contributed by atoms with Crippen LogP contribution in [0.4, 0.5) is 5.13 Å². The van der Waals surface area contributed by atoms with E-state index in [1.165, 1.54) is 40.9 Å². The Balaban J connectivity index is 1.56. The van der Waals surface area contributed by atoms with E-state index in [-0.39, 0.29) is 5.69 Å². The second-order valence-corrected chi connectivity index (χ2v) is 6.00. The van der Waals surface area contributed by atoms with E-state index in [4.69, 9.17) is 5.26 Å². The molecule has 11 heteroatoms. The Hall–Kier alpha value is -4.04. The first kappa shape index (κ1) is 16.4. The molecule has 0 aliphatic rings. The van der Waals surface area contributed by atoms with Gasteiger partial charge in [-0.15, -0.1) is 16.4 Å². The molecule has 0 saturated heterocycles. The Morgan fingerprint density at radius 1 is 1.15 bits per heavy atom. The van der Waals surface area contributed by atoms with Gasteiger partial charge < -0.3 is 0 Å². The predicted molar refractivity (Wildman–Crippen MR) is 95.0 cm³/mol. The highest BCUT2D eigenvalue weighted by Crippen LogP contribution is 2.24. The first-order chi connectivity index (χ1) is 13.2. The van der Waals surface area contributed by atoms with Crippen LogP contribution >= 0.6 is 11.3 Å². The summed E-state index contributed by atoms with van der Waals surface area (Å²) in [6.07, 6.45) is 5.77. The number of anilines is 1. The summed E-state index contributed by atoms with van der Waals surface area (Å²) in [6, 6.07) is 7.07. The van der Waals surface area contributed by atoms with Gasteiger partial charge >= 0.3 is 0 Å². The smallest absolute Gasteiger partial charge is 0.277 e. The van der Waals surface area contributed by atoms with Crippen molar-refractivity contribution in [1.82, 2.24) is 34.9 Å². The molecule has 1 N–H and O–H groups in total. The minimum absolute atomic E-state index is 0.214. The number of nitriles is 1. The molecular weight excluding hydrogens is 366 g/mol. The SMILES string of the molecule is N#Cc1cccc(-c2csc(NC(=O)c3cnnn3-c3cncnc3)n2)n1. The molecule has 27 heavy (non-hydrogen) atoms. The number of pyridine rings is 1. The summed E-state index contributed by atoms with van der Waals surface area (Å²) in [5.74, 6) is -0.427. The minimum Gasteiger partial charge on any atom is -0.296 e. The lowest BCUT2D eigenvalue weighted by Crippen LogP contribution is -2.17. The fourth-order valence-electron chi connectivity index (χ4n) is 2.23. The van der Waals surface area contributed by atoms with Gasteiger partial charge in [-0.05, 0) is 12.1 Å². The number of hydrogen-bond acceptors (Lipinski definition) is 9. The van der Waals surface area contributed by atoms with E-state index in [2.05, 4.69) is 35.6 Å². The number of rotatable bonds is 4. The standard InChI is InChI=1S/C16H9N9OS/c17-4-10-2-1-3-12(21-10)13-8-27-16(22-13)23-15(26)14-7-20-24-25(14)11-5-18-9-19-6-11/h1-3,5-9H,(H,22,23,26). The normalized spacial score (nSPS) is 10.3. The van der Waals surface area contributed by atoms with Crippen molar-refractivity contribution in [2.75, 3.05) is 5.32 Å². The van der Waals surface area contributed by atoms with Gasteiger partial charge in [-0.25, -0.2) is 24.6 Å².